The fourth-order valence-corrected chi connectivity index (χ4v) is 2.32. The van der Waals surface area contributed by atoms with Crippen LogP contribution < -0.4 is 15.8 Å². The minimum atomic E-state index is -0.268. The summed E-state index contributed by atoms with van der Waals surface area (Å²) in [6.07, 6.45) is 0. The van der Waals surface area contributed by atoms with Crippen molar-refractivity contribution in [2.75, 3.05) is 11.9 Å². The Balaban J connectivity index is 1.98. The Bertz CT molecular complexity index is 739. The molecule has 0 saturated heterocycles. The smallest absolute Gasteiger partial charge is 0.262 e. The van der Waals surface area contributed by atoms with Gasteiger partial charge in [-0.3, -0.25) is 4.79 Å². The molecule has 0 unspecified atom stereocenters. The number of halogens is 1. The van der Waals surface area contributed by atoms with E-state index < -0.39 is 0 Å². The maximum Gasteiger partial charge on any atom is 0.262 e. The minimum Gasteiger partial charge on any atom is -0.484 e. The van der Waals surface area contributed by atoms with E-state index in [0.717, 1.165) is 11.1 Å². The lowest BCUT2D eigenvalue weighted by Gasteiger charge is -2.11. The van der Waals surface area contributed by atoms with Gasteiger partial charge in [-0.15, -0.1) is 0 Å². The van der Waals surface area contributed by atoms with E-state index >= 15 is 0 Å². The van der Waals surface area contributed by atoms with Crippen LogP contribution in [0.15, 0.2) is 36.4 Å². The summed E-state index contributed by atoms with van der Waals surface area (Å²) in [5.74, 6) is 0.340. The Kier molecular flexibility index (Phi) is 5.58. The molecule has 0 aliphatic carbocycles. The van der Waals surface area contributed by atoms with Crippen molar-refractivity contribution < 1.29 is 9.53 Å². The van der Waals surface area contributed by atoms with Crippen LogP contribution in [0.3, 0.4) is 0 Å². The van der Waals surface area contributed by atoms with Crippen LogP contribution in [0.25, 0.3) is 0 Å². The van der Waals surface area contributed by atoms with Crippen LogP contribution in [-0.2, 0) is 4.79 Å². The standard InChI is InChI=1S/C17H17ClN2O2S/c1-10-6-14(7-11(2)16(10)18)22-9-15(21)20-13-5-3-4-12(8-13)17(19)23/h3-8H,9H2,1-2H3,(H2,19,23)(H,20,21). The van der Waals surface area contributed by atoms with Crippen LogP contribution >= 0.6 is 23.8 Å². The summed E-state index contributed by atoms with van der Waals surface area (Å²) in [4.78, 5) is 12.3. The van der Waals surface area contributed by atoms with Gasteiger partial charge in [-0.1, -0.05) is 36.0 Å². The summed E-state index contributed by atoms with van der Waals surface area (Å²) in [6, 6.07) is 10.6. The highest BCUT2D eigenvalue weighted by Gasteiger charge is 2.07. The number of hydrogen-bond donors (Lipinski definition) is 2. The quantitative estimate of drug-likeness (QED) is 0.810. The number of hydrogen-bond acceptors (Lipinski definition) is 3. The van der Waals surface area contributed by atoms with E-state index in [2.05, 4.69) is 5.32 Å². The average molecular weight is 349 g/mol. The van der Waals surface area contributed by atoms with Crippen molar-refractivity contribution in [3.8, 4) is 5.75 Å². The van der Waals surface area contributed by atoms with E-state index in [1.807, 2.05) is 13.8 Å². The molecule has 0 aliphatic rings. The van der Waals surface area contributed by atoms with Gasteiger partial charge >= 0.3 is 0 Å². The zero-order chi connectivity index (χ0) is 17.0. The number of ether oxygens (including phenoxy) is 1. The largest absolute Gasteiger partial charge is 0.484 e. The van der Waals surface area contributed by atoms with Gasteiger partial charge in [0, 0.05) is 16.3 Å². The average Bonchev–Trinajstić information content (AvgIpc) is 2.50. The summed E-state index contributed by atoms with van der Waals surface area (Å²) in [5.41, 5.74) is 8.70. The summed E-state index contributed by atoms with van der Waals surface area (Å²) < 4.78 is 5.51. The molecular weight excluding hydrogens is 332 g/mol. The molecule has 0 radical (unpaired) electrons. The third kappa shape index (κ3) is 4.68. The van der Waals surface area contributed by atoms with Crippen LogP contribution in [0.2, 0.25) is 5.02 Å². The highest BCUT2D eigenvalue weighted by molar-refractivity contribution is 7.80. The number of anilines is 1. The van der Waals surface area contributed by atoms with Gasteiger partial charge in [0.2, 0.25) is 0 Å². The van der Waals surface area contributed by atoms with E-state index in [1.54, 1.807) is 36.4 Å². The summed E-state index contributed by atoms with van der Waals surface area (Å²) in [7, 11) is 0. The number of nitrogens with one attached hydrogen (secondary N) is 1. The maximum absolute atomic E-state index is 12.0. The fourth-order valence-electron chi connectivity index (χ4n) is 2.09. The predicted molar refractivity (Wildman–Crippen MR) is 97.4 cm³/mol. The van der Waals surface area contributed by atoms with Crippen LogP contribution in [0.1, 0.15) is 16.7 Å². The number of thiocarbonyl (C=S) groups is 1. The van der Waals surface area contributed by atoms with E-state index in [-0.39, 0.29) is 17.5 Å². The van der Waals surface area contributed by atoms with Gasteiger partial charge < -0.3 is 15.8 Å². The number of benzene rings is 2. The monoisotopic (exact) mass is 348 g/mol. The Hall–Kier alpha value is -2.11. The molecule has 3 N–H and O–H groups in total. The molecule has 2 aromatic carbocycles. The molecule has 0 aliphatic heterocycles. The van der Waals surface area contributed by atoms with E-state index in [1.165, 1.54) is 0 Å². The molecule has 0 bridgehead atoms. The molecule has 2 rings (SSSR count). The third-order valence-electron chi connectivity index (χ3n) is 3.21. The van der Waals surface area contributed by atoms with Crippen LogP contribution in [0, 0.1) is 13.8 Å². The molecule has 0 fully saturated rings. The molecule has 0 aromatic heterocycles. The van der Waals surface area contributed by atoms with Gasteiger partial charge in [0.15, 0.2) is 6.61 Å². The Morgan fingerprint density at radius 2 is 1.91 bits per heavy atom. The number of carbonyl (C=O) groups excluding carboxylic acids is 1. The van der Waals surface area contributed by atoms with Crippen molar-refractivity contribution in [2.45, 2.75) is 13.8 Å². The van der Waals surface area contributed by atoms with Crippen LogP contribution in [-0.4, -0.2) is 17.5 Å². The third-order valence-corrected chi connectivity index (χ3v) is 4.04. The zero-order valence-electron chi connectivity index (χ0n) is 12.9. The van der Waals surface area contributed by atoms with Crippen molar-refractivity contribution >= 4 is 40.4 Å². The van der Waals surface area contributed by atoms with E-state index in [0.29, 0.717) is 22.0 Å². The molecule has 4 nitrogen and oxygen atoms in total. The van der Waals surface area contributed by atoms with Gasteiger partial charge in [0.1, 0.15) is 10.7 Å². The second-order valence-electron chi connectivity index (χ2n) is 5.15. The lowest BCUT2D eigenvalue weighted by atomic mass is 10.1. The van der Waals surface area contributed by atoms with Crippen molar-refractivity contribution in [1.82, 2.24) is 0 Å². The molecule has 120 valence electrons. The second-order valence-corrected chi connectivity index (χ2v) is 5.97. The maximum atomic E-state index is 12.0. The van der Waals surface area contributed by atoms with Crippen LogP contribution in [0.4, 0.5) is 5.69 Å². The van der Waals surface area contributed by atoms with Crippen LogP contribution in [0.5, 0.6) is 5.75 Å². The SMILES string of the molecule is Cc1cc(OCC(=O)Nc2cccc(C(N)=S)c2)cc(C)c1Cl. The topological polar surface area (TPSA) is 64.3 Å². The highest BCUT2D eigenvalue weighted by atomic mass is 35.5. The Labute approximate surface area is 145 Å². The molecule has 0 heterocycles. The van der Waals surface area contributed by atoms with Crippen molar-refractivity contribution in [3.05, 3.63) is 58.1 Å². The summed E-state index contributed by atoms with van der Waals surface area (Å²) in [6.45, 7) is 3.69. The van der Waals surface area contributed by atoms with Gasteiger partial charge in [0.25, 0.3) is 5.91 Å². The second kappa shape index (κ2) is 7.44. The van der Waals surface area contributed by atoms with E-state index in [9.17, 15) is 4.79 Å². The summed E-state index contributed by atoms with van der Waals surface area (Å²) >= 11 is 11.0. The number of aryl methyl sites for hydroxylation is 2. The first-order chi connectivity index (χ1) is 10.9. The number of amides is 1. The predicted octanol–water partition coefficient (Wildman–Crippen LogP) is 3.61. The number of nitrogens with two attached hydrogens (primary N) is 1. The molecule has 0 spiro atoms. The van der Waals surface area contributed by atoms with E-state index in [4.69, 9.17) is 34.3 Å². The lowest BCUT2D eigenvalue weighted by molar-refractivity contribution is -0.118. The fraction of sp³-hybridized carbons (Fsp3) is 0.176. The molecule has 23 heavy (non-hydrogen) atoms. The van der Waals surface area contributed by atoms with Gasteiger partial charge in [-0.2, -0.15) is 0 Å². The molecular formula is C17H17ClN2O2S. The molecule has 1 amide bonds. The Morgan fingerprint density at radius 3 is 2.52 bits per heavy atom. The van der Waals surface area contributed by atoms with Crippen molar-refractivity contribution in [3.63, 3.8) is 0 Å². The van der Waals surface area contributed by atoms with Gasteiger partial charge in [0.05, 0.1) is 0 Å². The van der Waals surface area contributed by atoms with Gasteiger partial charge in [-0.05, 0) is 49.2 Å². The normalized spacial score (nSPS) is 10.2. The number of rotatable bonds is 5. The number of carbonyl (C=O) groups is 1. The first-order valence-electron chi connectivity index (χ1n) is 6.96. The first-order valence-corrected chi connectivity index (χ1v) is 7.74. The first kappa shape index (κ1) is 17.2. The zero-order valence-corrected chi connectivity index (χ0v) is 14.4. The highest BCUT2D eigenvalue weighted by Crippen LogP contribution is 2.25. The molecule has 6 heteroatoms. The molecule has 2 aromatic rings. The Morgan fingerprint density at radius 1 is 1.26 bits per heavy atom. The van der Waals surface area contributed by atoms with Crippen molar-refractivity contribution in [1.29, 1.82) is 0 Å². The molecule has 0 saturated carbocycles. The minimum absolute atomic E-state index is 0.0994. The van der Waals surface area contributed by atoms with Gasteiger partial charge in [-0.25, -0.2) is 0 Å². The lowest BCUT2D eigenvalue weighted by Crippen LogP contribution is -2.20. The molecule has 0 atom stereocenters. The van der Waals surface area contributed by atoms with Crippen molar-refractivity contribution in [2.24, 2.45) is 5.73 Å². The summed E-state index contributed by atoms with van der Waals surface area (Å²) in [5, 5.41) is 3.45.